The van der Waals surface area contributed by atoms with E-state index in [9.17, 15) is 19.8 Å². The smallest absolute Gasteiger partial charge is 0.289 e. The number of nitrogens with zero attached hydrogens (tertiary/aromatic N) is 3. The van der Waals surface area contributed by atoms with E-state index in [-0.39, 0.29) is 23.5 Å². The van der Waals surface area contributed by atoms with Crippen molar-refractivity contribution in [2.24, 2.45) is 0 Å². The van der Waals surface area contributed by atoms with Crippen LogP contribution in [0.1, 0.15) is 46.9 Å². The molecule has 36 heavy (non-hydrogen) atoms. The molecule has 4 rings (SSSR count). The van der Waals surface area contributed by atoms with E-state index >= 15 is 0 Å². The van der Waals surface area contributed by atoms with Crippen molar-refractivity contribution in [1.82, 2.24) is 15.3 Å². The molecule has 11 heteroatoms. The second kappa shape index (κ2) is 10.1. The third-order valence-electron chi connectivity index (χ3n) is 5.75. The van der Waals surface area contributed by atoms with E-state index in [0.29, 0.717) is 37.1 Å². The van der Waals surface area contributed by atoms with Crippen LogP contribution >= 0.6 is 19.0 Å². The minimum Gasteiger partial charge on any atom is -0.711 e. The van der Waals surface area contributed by atoms with Gasteiger partial charge in [0, 0.05) is 28.3 Å². The van der Waals surface area contributed by atoms with Crippen molar-refractivity contribution < 1.29 is 18.6 Å². The van der Waals surface area contributed by atoms with Gasteiger partial charge in [0.15, 0.2) is 0 Å². The van der Waals surface area contributed by atoms with Crippen molar-refractivity contribution in [2.75, 3.05) is 7.11 Å². The number of hydrogen-bond acceptors (Lipinski definition) is 6. The van der Waals surface area contributed by atoms with E-state index in [1.165, 1.54) is 25.6 Å². The maximum atomic E-state index is 14.6. The third-order valence-corrected chi connectivity index (χ3v) is 8.50. The summed E-state index contributed by atoms with van der Waals surface area (Å²) < 4.78 is 20.8. The first-order chi connectivity index (χ1) is 17.2. The monoisotopic (exact) mass is 523 g/mol. The maximum Gasteiger partial charge on any atom is 0.289 e. The molecule has 184 valence electrons. The number of hydrogen-bond donors (Lipinski definition) is 2. The number of carbonyl (C=O) groups is 1. The largest absolute Gasteiger partial charge is 0.711 e. The predicted molar refractivity (Wildman–Crippen MR) is 137 cm³/mol. The number of fused-ring (bicyclic) bond motifs is 1. The summed E-state index contributed by atoms with van der Waals surface area (Å²) in [5.74, 6) is -0.498. The summed E-state index contributed by atoms with van der Waals surface area (Å²) in [7, 11) is -2.58. The Morgan fingerprint density at radius 1 is 1.33 bits per heavy atom. The van der Waals surface area contributed by atoms with E-state index in [0.717, 1.165) is 11.9 Å². The summed E-state index contributed by atoms with van der Waals surface area (Å²) in [4.78, 5) is 20.2. The van der Waals surface area contributed by atoms with Crippen LogP contribution in [0.15, 0.2) is 55.1 Å². The lowest BCUT2D eigenvalue weighted by molar-refractivity contribution is -0.609. The summed E-state index contributed by atoms with van der Waals surface area (Å²) in [6, 6.07) is 12.1. The Hall–Kier alpha value is -3.70. The Morgan fingerprint density at radius 2 is 2.11 bits per heavy atom. The van der Waals surface area contributed by atoms with Crippen LogP contribution in [0.2, 0.25) is 5.02 Å². The van der Waals surface area contributed by atoms with E-state index < -0.39 is 13.3 Å². The van der Waals surface area contributed by atoms with Gasteiger partial charge in [-0.05, 0) is 47.9 Å². The predicted octanol–water partition coefficient (Wildman–Crippen LogP) is 3.65. The first-order valence-electron chi connectivity index (χ1n) is 11.0. The molecule has 0 fully saturated rings. The van der Waals surface area contributed by atoms with Gasteiger partial charge in [0.2, 0.25) is 0 Å². The lowest BCUT2D eigenvalue weighted by Gasteiger charge is -2.20. The minimum absolute atomic E-state index is 0.0170. The number of rotatable bonds is 7. The zero-order valence-electron chi connectivity index (χ0n) is 19.8. The number of aromatic amines is 1. The van der Waals surface area contributed by atoms with E-state index in [4.69, 9.17) is 16.1 Å². The summed E-state index contributed by atoms with van der Waals surface area (Å²) in [5.41, 5.74) is 2.20. The maximum absolute atomic E-state index is 14.6. The number of H-pyrrole nitrogens is 1. The van der Waals surface area contributed by atoms with Crippen LogP contribution in [0.5, 0.6) is 0 Å². The number of nitrogens with one attached hydrogen (secondary N) is 2. The molecular weight excluding hydrogens is 501 g/mol. The molecule has 1 atom stereocenters. The summed E-state index contributed by atoms with van der Waals surface area (Å²) in [5, 5.41) is 25.1. The molecule has 0 spiro atoms. The number of benzene rings is 2. The van der Waals surface area contributed by atoms with Gasteiger partial charge in [-0.2, -0.15) is 5.26 Å². The first kappa shape index (κ1) is 25.4. The highest BCUT2D eigenvalue weighted by Gasteiger charge is 2.36. The molecule has 2 aromatic heterocycles. The number of halogens is 1. The van der Waals surface area contributed by atoms with E-state index in [1.54, 1.807) is 30.3 Å². The fourth-order valence-corrected chi connectivity index (χ4v) is 6.34. The molecule has 9 nitrogen and oxygen atoms in total. The normalized spacial score (nSPS) is 12.9. The molecule has 0 saturated carbocycles. The van der Waals surface area contributed by atoms with Crippen molar-refractivity contribution in [1.29, 1.82) is 5.26 Å². The van der Waals surface area contributed by atoms with Crippen molar-refractivity contribution in [3.05, 3.63) is 87.7 Å². The second-order valence-corrected chi connectivity index (χ2v) is 11.4. The van der Waals surface area contributed by atoms with E-state index in [1.807, 2.05) is 13.8 Å². The van der Waals surface area contributed by atoms with Crippen LogP contribution in [0, 0.1) is 16.5 Å². The topological polar surface area (TPSA) is 135 Å². The summed E-state index contributed by atoms with van der Waals surface area (Å²) >= 11 is 6.26. The van der Waals surface area contributed by atoms with Gasteiger partial charge in [0.1, 0.15) is 18.1 Å². The van der Waals surface area contributed by atoms with Crippen LogP contribution < -0.4 is 20.7 Å². The average Bonchev–Trinajstić information content (AvgIpc) is 3.25. The zero-order chi connectivity index (χ0) is 26.0. The minimum atomic E-state index is -3.89. The van der Waals surface area contributed by atoms with Gasteiger partial charge in [-0.3, -0.25) is 9.36 Å². The molecule has 0 radical (unpaired) electrons. The fourth-order valence-electron chi connectivity index (χ4n) is 3.94. The van der Waals surface area contributed by atoms with E-state index in [2.05, 4.69) is 21.4 Å². The Bertz CT molecular complexity index is 1560. The highest BCUT2D eigenvalue weighted by molar-refractivity contribution is 7.75. The number of amides is 1. The lowest BCUT2D eigenvalue weighted by Crippen LogP contribution is -2.32. The summed E-state index contributed by atoms with van der Waals surface area (Å²) in [6.07, 6.45) is 3.85. The molecule has 1 amide bonds. The zero-order valence-corrected chi connectivity index (χ0v) is 21.4. The van der Waals surface area contributed by atoms with Crippen LogP contribution in [0.3, 0.4) is 0 Å². The molecule has 1 unspecified atom stereocenters. The fraction of sp³-hybridized carbons (Fsp3) is 0.200. The molecule has 0 aliphatic rings. The molecule has 0 bridgehead atoms. The SMILES string of the molecule is COP(=O)(c1cc(C#N)cc(C(C)C)c1)c1c(C(=O)NCc2cnc[n+]([O-])c2)[nH]c2ccc(Cl)cc12. The van der Waals surface area contributed by atoms with Crippen LogP contribution in [-0.2, 0) is 15.6 Å². The van der Waals surface area contributed by atoms with Crippen molar-refractivity contribution >= 4 is 46.4 Å². The Kier molecular flexibility index (Phi) is 7.14. The molecule has 0 saturated heterocycles. The third kappa shape index (κ3) is 4.84. The number of nitriles is 1. The molecule has 0 aliphatic carbocycles. The lowest BCUT2D eigenvalue weighted by atomic mass is 10.0. The Labute approximate surface area is 212 Å². The quantitative estimate of drug-likeness (QED) is 0.216. The van der Waals surface area contributed by atoms with Crippen molar-refractivity contribution in [2.45, 2.75) is 26.3 Å². The average molecular weight is 524 g/mol. The first-order valence-corrected chi connectivity index (χ1v) is 13.0. The highest BCUT2D eigenvalue weighted by atomic mass is 35.5. The molecule has 4 aromatic rings. The van der Waals surface area contributed by atoms with Gasteiger partial charge in [-0.15, -0.1) is 0 Å². The molecule has 0 aliphatic heterocycles. The Balaban J connectivity index is 1.89. The highest BCUT2D eigenvalue weighted by Crippen LogP contribution is 2.47. The van der Waals surface area contributed by atoms with Crippen LogP contribution in [0.4, 0.5) is 0 Å². The van der Waals surface area contributed by atoms with Gasteiger partial charge in [0.25, 0.3) is 19.6 Å². The molecule has 2 aromatic carbocycles. The van der Waals surface area contributed by atoms with Crippen LogP contribution in [-0.4, -0.2) is 23.0 Å². The molecule has 2 heterocycles. The number of aromatic nitrogens is 3. The molecule has 2 N–H and O–H groups in total. The van der Waals surface area contributed by atoms with Gasteiger partial charge in [-0.25, -0.2) is 4.73 Å². The second-order valence-electron chi connectivity index (χ2n) is 8.49. The van der Waals surface area contributed by atoms with Gasteiger partial charge >= 0.3 is 0 Å². The molecular formula is C25H23ClN5O4P. The van der Waals surface area contributed by atoms with Crippen molar-refractivity contribution in [3.63, 3.8) is 0 Å². The standard InChI is InChI=1S/C25H23ClN5O4P/c1-15(2)18-6-16(10-27)7-20(8-18)36(34,35-3)24-21-9-19(26)4-5-22(21)30-23(24)25(32)29-12-17-11-28-14-31(33)13-17/h4-9,11,13-15,30H,12H2,1-3H3,(H,29,32). The van der Waals surface area contributed by atoms with Crippen LogP contribution in [0.25, 0.3) is 10.9 Å². The van der Waals surface area contributed by atoms with Gasteiger partial charge < -0.3 is 20.0 Å². The van der Waals surface area contributed by atoms with Gasteiger partial charge in [0.05, 0.1) is 29.0 Å². The number of carbonyl (C=O) groups excluding carboxylic acids is 1. The van der Waals surface area contributed by atoms with Crippen molar-refractivity contribution in [3.8, 4) is 6.07 Å². The summed E-state index contributed by atoms with van der Waals surface area (Å²) in [6.45, 7) is 3.95. The Morgan fingerprint density at radius 3 is 2.78 bits per heavy atom. The van der Waals surface area contributed by atoms with Gasteiger partial charge in [-0.1, -0.05) is 30.4 Å².